The third-order valence-electron chi connectivity index (χ3n) is 4.94. The summed E-state index contributed by atoms with van der Waals surface area (Å²) in [4.78, 5) is 37.0. The summed E-state index contributed by atoms with van der Waals surface area (Å²) in [5.74, 6) is -1.18. The first-order chi connectivity index (χ1) is 15.0. The maximum atomic E-state index is 12.4. The molecule has 156 valence electrons. The summed E-state index contributed by atoms with van der Waals surface area (Å²) in [6.07, 6.45) is 1.79. The van der Waals surface area contributed by atoms with E-state index in [-0.39, 0.29) is 41.5 Å². The van der Waals surface area contributed by atoms with Gasteiger partial charge in [-0.15, -0.1) is 0 Å². The average molecular weight is 415 g/mol. The van der Waals surface area contributed by atoms with Crippen molar-refractivity contribution in [2.75, 3.05) is 5.73 Å². The zero-order valence-corrected chi connectivity index (χ0v) is 16.7. The zero-order chi connectivity index (χ0) is 21.8. The third-order valence-corrected chi connectivity index (χ3v) is 4.94. The number of aromatic nitrogens is 2. The first-order valence-corrected chi connectivity index (χ1v) is 9.82. The number of anilines is 1. The zero-order valence-electron chi connectivity index (χ0n) is 16.7. The van der Waals surface area contributed by atoms with Crippen LogP contribution in [-0.4, -0.2) is 27.5 Å². The fraction of sp³-hybridized carbons (Fsp3) is 0.130. The summed E-state index contributed by atoms with van der Waals surface area (Å²) in [6.45, 7) is 0.602. The van der Waals surface area contributed by atoms with Gasteiger partial charge in [-0.3, -0.25) is 19.7 Å². The molecule has 4 N–H and O–H groups in total. The van der Waals surface area contributed by atoms with Gasteiger partial charge in [0.1, 0.15) is 17.1 Å². The van der Waals surface area contributed by atoms with Crippen LogP contribution in [0, 0.1) is 0 Å². The van der Waals surface area contributed by atoms with Gasteiger partial charge in [0, 0.05) is 13.0 Å². The highest BCUT2D eigenvalue weighted by atomic mass is 16.2. The van der Waals surface area contributed by atoms with Crippen molar-refractivity contribution in [1.29, 1.82) is 0 Å². The number of aryl methyl sites for hydroxylation is 1. The molecule has 0 aliphatic carbocycles. The van der Waals surface area contributed by atoms with Gasteiger partial charge in [-0.05, 0) is 17.2 Å². The summed E-state index contributed by atoms with van der Waals surface area (Å²) in [7, 11) is 0. The number of nitrogens with zero attached hydrogens (tertiary/aromatic N) is 2. The normalized spacial score (nSPS) is 14.3. The van der Waals surface area contributed by atoms with E-state index in [0.717, 1.165) is 11.1 Å². The molecule has 0 radical (unpaired) electrons. The summed E-state index contributed by atoms with van der Waals surface area (Å²) in [6, 6.07) is 18.8. The van der Waals surface area contributed by atoms with Crippen LogP contribution in [0.15, 0.2) is 60.7 Å². The molecule has 1 aliphatic heterocycles. The van der Waals surface area contributed by atoms with E-state index in [2.05, 4.69) is 15.7 Å². The summed E-state index contributed by atoms with van der Waals surface area (Å²) < 4.78 is 1.39. The lowest BCUT2D eigenvalue weighted by Crippen LogP contribution is -2.36. The summed E-state index contributed by atoms with van der Waals surface area (Å²) in [5.41, 5.74) is 8.54. The van der Waals surface area contributed by atoms with E-state index in [0.29, 0.717) is 6.54 Å². The number of fused-ring (bicyclic) bond motifs is 1. The number of hydrogen-bond donors (Lipinski definition) is 3. The predicted molar refractivity (Wildman–Crippen MR) is 116 cm³/mol. The van der Waals surface area contributed by atoms with Crippen LogP contribution in [-0.2, 0) is 22.7 Å². The van der Waals surface area contributed by atoms with Crippen LogP contribution in [0.1, 0.15) is 33.6 Å². The minimum atomic E-state index is -0.595. The second-order valence-electron chi connectivity index (χ2n) is 7.10. The molecule has 0 fully saturated rings. The van der Waals surface area contributed by atoms with Gasteiger partial charge in [0.2, 0.25) is 5.91 Å². The molecule has 0 spiro atoms. The number of hydrogen-bond acceptors (Lipinski definition) is 5. The highest BCUT2D eigenvalue weighted by molar-refractivity contribution is 6.34. The van der Waals surface area contributed by atoms with Crippen molar-refractivity contribution in [3.63, 3.8) is 0 Å². The molecular formula is C23H21N5O3. The molecule has 0 unspecified atom stereocenters. The van der Waals surface area contributed by atoms with Crippen molar-refractivity contribution in [2.45, 2.75) is 19.5 Å². The molecule has 31 heavy (non-hydrogen) atoms. The SMILES string of the molecule is Nc1c2c(nn1CCC(=O)NCc1ccccc1)/C(=C\c1ccccc1)C(=O)NC2=O. The molecule has 0 bridgehead atoms. The second-order valence-corrected chi connectivity index (χ2v) is 7.10. The van der Waals surface area contributed by atoms with E-state index in [4.69, 9.17) is 5.73 Å². The number of nitrogens with two attached hydrogens (primary N) is 1. The number of rotatable bonds is 6. The molecule has 0 saturated carbocycles. The number of amides is 3. The molecule has 8 heteroatoms. The van der Waals surface area contributed by atoms with E-state index in [1.807, 2.05) is 60.7 Å². The Bertz CT molecular complexity index is 1170. The number of nitrogens with one attached hydrogen (secondary N) is 2. The van der Waals surface area contributed by atoms with Crippen LogP contribution in [0.4, 0.5) is 5.82 Å². The molecule has 1 aliphatic rings. The van der Waals surface area contributed by atoms with E-state index in [1.165, 1.54) is 4.68 Å². The van der Waals surface area contributed by atoms with Gasteiger partial charge in [-0.1, -0.05) is 60.7 Å². The van der Waals surface area contributed by atoms with Crippen LogP contribution >= 0.6 is 0 Å². The fourth-order valence-electron chi connectivity index (χ4n) is 3.34. The van der Waals surface area contributed by atoms with Crippen molar-refractivity contribution >= 4 is 35.2 Å². The Balaban J connectivity index is 1.52. The number of carbonyl (C=O) groups excluding carboxylic acids is 3. The standard InChI is InChI=1S/C23H21N5O3/c24-21-19-20(17(22(30)26-23(19)31)13-15-7-3-1-4-8-15)27-28(21)12-11-18(29)25-14-16-9-5-2-6-10-16/h1-10,13H,11-12,14,24H2,(H,25,29)(H,26,30,31)/b17-13+. The van der Waals surface area contributed by atoms with Crippen molar-refractivity contribution in [2.24, 2.45) is 0 Å². The maximum absolute atomic E-state index is 12.4. The lowest BCUT2D eigenvalue weighted by Gasteiger charge is -2.13. The van der Waals surface area contributed by atoms with Crippen molar-refractivity contribution in [1.82, 2.24) is 20.4 Å². The van der Waals surface area contributed by atoms with Gasteiger partial charge in [0.25, 0.3) is 11.8 Å². The molecule has 2 heterocycles. The van der Waals surface area contributed by atoms with Gasteiger partial charge >= 0.3 is 0 Å². The predicted octanol–water partition coefficient (Wildman–Crippen LogP) is 1.98. The Hall–Kier alpha value is -4.20. The molecule has 2 aromatic carbocycles. The van der Waals surface area contributed by atoms with Gasteiger partial charge in [-0.25, -0.2) is 4.68 Å². The average Bonchev–Trinajstić information content (AvgIpc) is 3.12. The van der Waals surface area contributed by atoms with Gasteiger partial charge in [0.15, 0.2) is 0 Å². The first kappa shape index (κ1) is 20.1. The van der Waals surface area contributed by atoms with Crippen LogP contribution in [0.25, 0.3) is 11.6 Å². The van der Waals surface area contributed by atoms with Gasteiger partial charge in [0.05, 0.1) is 12.1 Å². The van der Waals surface area contributed by atoms with E-state index < -0.39 is 11.8 Å². The third kappa shape index (κ3) is 4.37. The van der Waals surface area contributed by atoms with Crippen LogP contribution < -0.4 is 16.4 Å². The number of benzene rings is 2. The number of imide groups is 1. The van der Waals surface area contributed by atoms with E-state index in [1.54, 1.807) is 6.08 Å². The molecule has 8 nitrogen and oxygen atoms in total. The topological polar surface area (TPSA) is 119 Å². The Morgan fingerprint density at radius 2 is 1.71 bits per heavy atom. The smallest absolute Gasteiger partial charge is 0.264 e. The number of carbonyl (C=O) groups is 3. The van der Waals surface area contributed by atoms with Crippen molar-refractivity contribution in [3.05, 3.63) is 83.0 Å². The lowest BCUT2D eigenvalue weighted by atomic mass is 10.00. The Labute approximate surface area is 178 Å². The maximum Gasteiger partial charge on any atom is 0.264 e. The second kappa shape index (κ2) is 8.66. The molecule has 0 saturated heterocycles. The van der Waals surface area contributed by atoms with Crippen molar-refractivity contribution in [3.8, 4) is 0 Å². The number of nitrogen functional groups attached to an aromatic ring is 1. The monoisotopic (exact) mass is 415 g/mol. The Morgan fingerprint density at radius 1 is 1.03 bits per heavy atom. The van der Waals surface area contributed by atoms with Gasteiger partial charge in [-0.2, -0.15) is 5.10 Å². The molecule has 3 aromatic rings. The van der Waals surface area contributed by atoms with Crippen LogP contribution in [0.3, 0.4) is 0 Å². The molecule has 1 aromatic heterocycles. The molecular weight excluding hydrogens is 394 g/mol. The fourth-order valence-corrected chi connectivity index (χ4v) is 3.34. The minimum Gasteiger partial charge on any atom is -0.383 e. The largest absolute Gasteiger partial charge is 0.383 e. The highest BCUT2D eigenvalue weighted by Gasteiger charge is 2.33. The van der Waals surface area contributed by atoms with Crippen LogP contribution in [0.2, 0.25) is 0 Å². The van der Waals surface area contributed by atoms with Gasteiger partial charge < -0.3 is 11.1 Å². The Kier molecular flexibility index (Phi) is 5.61. The van der Waals surface area contributed by atoms with E-state index in [9.17, 15) is 14.4 Å². The lowest BCUT2D eigenvalue weighted by molar-refractivity contribution is -0.121. The molecule has 3 amide bonds. The summed E-state index contributed by atoms with van der Waals surface area (Å²) in [5, 5.41) is 9.53. The van der Waals surface area contributed by atoms with Crippen LogP contribution in [0.5, 0.6) is 0 Å². The Morgan fingerprint density at radius 3 is 2.42 bits per heavy atom. The van der Waals surface area contributed by atoms with Crippen molar-refractivity contribution < 1.29 is 14.4 Å². The minimum absolute atomic E-state index is 0.120. The quantitative estimate of drug-likeness (QED) is 0.420. The molecule has 0 atom stereocenters. The first-order valence-electron chi connectivity index (χ1n) is 9.82. The highest BCUT2D eigenvalue weighted by Crippen LogP contribution is 2.29. The van der Waals surface area contributed by atoms with E-state index >= 15 is 0 Å². The molecule has 4 rings (SSSR count). The summed E-state index contributed by atoms with van der Waals surface area (Å²) >= 11 is 0.